The molecule has 4 rings (SSSR count). The van der Waals surface area contributed by atoms with Crippen molar-refractivity contribution in [2.45, 2.75) is 12.8 Å². The summed E-state index contributed by atoms with van der Waals surface area (Å²) in [5, 5.41) is 13.2. The fourth-order valence-electron chi connectivity index (χ4n) is 2.89. The molecule has 3 aromatic rings. The Morgan fingerprint density at radius 1 is 1.12 bits per heavy atom. The van der Waals surface area contributed by atoms with Crippen LogP contribution in [0.2, 0.25) is 5.02 Å². The maximum Gasteiger partial charge on any atom is 0.273 e. The molecule has 2 heterocycles. The number of anilines is 2. The lowest BCUT2D eigenvalue weighted by molar-refractivity contribution is -0.116. The second kappa shape index (κ2) is 6.65. The Kier molecular flexibility index (Phi) is 4.18. The van der Waals surface area contributed by atoms with Gasteiger partial charge in [0.2, 0.25) is 5.91 Å². The van der Waals surface area contributed by atoms with Gasteiger partial charge in [-0.25, -0.2) is 0 Å². The van der Waals surface area contributed by atoms with Crippen molar-refractivity contribution < 1.29 is 9.59 Å². The second-order valence-electron chi connectivity index (χ2n) is 6.05. The molecule has 2 aromatic carbocycles. The van der Waals surface area contributed by atoms with E-state index in [1.54, 1.807) is 30.3 Å². The molecule has 0 atom stereocenters. The Hall–Kier alpha value is -3.12. The Bertz CT molecular complexity index is 1010. The summed E-state index contributed by atoms with van der Waals surface area (Å²) < 4.78 is 0. The molecule has 130 valence electrons. The van der Waals surface area contributed by atoms with Gasteiger partial charge in [0.25, 0.3) is 5.91 Å². The van der Waals surface area contributed by atoms with Crippen LogP contribution in [0.1, 0.15) is 22.5 Å². The highest BCUT2D eigenvalue weighted by Gasteiger charge is 2.16. The van der Waals surface area contributed by atoms with Crippen molar-refractivity contribution in [2.75, 3.05) is 10.6 Å². The van der Waals surface area contributed by atoms with Gasteiger partial charge >= 0.3 is 0 Å². The fraction of sp³-hybridized carbons (Fsp3) is 0.105. The molecule has 0 saturated heterocycles. The first-order chi connectivity index (χ1) is 12.6. The van der Waals surface area contributed by atoms with Gasteiger partial charge in [-0.1, -0.05) is 23.7 Å². The smallest absolute Gasteiger partial charge is 0.273 e. The number of aryl methyl sites for hydroxylation is 1. The standard InChI is InChI=1S/C19H15ClN4O2/c20-13-3-1-2-11(8-13)16-10-17(24-23-16)19(26)21-14-5-6-15-12(9-14)4-7-18(25)22-15/h1-3,5-6,8-10H,4,7H2,(H,21,26)(H,22,25)(H,23,24). The Morgan fingerprint density at radius 2 is 2.00 bits per heavy atom. The molecule has 0 saturated carbocycles. The molecule has 1 aliphatic heterocycles. The van der Waals surface area contributed by atoms with Gasteiger partial charge < -0.3 is 10.6 Å². The zero-order chi connectivity index (χ0) is 18.1. The van der Waals surface area contributed by atoms with E-state index in [4.69, 9.17) is 11.6 Å². The fourth-order valence-corrected chi connectivity index (χ4v) is 3.08. The molecule has 1 aromatic heterocycles. The van der Waals surface area contributed by atoms with E-state index in [1.165, 1.54) is 0 Å². The zero-order valence-corrected chi connectivity index (χ0v) is 14.4. The highest BCUT2D eigenvalue weighted by Crippen LogP contribution is 2.26. The van der Waals surface area contributed by atoms with Gasteiger partial charge in [0, 0.05) is 28.4 Å². The number of aromatic nitrogens is 2. The van der Waals surface area contributed by atoms with E-state index in [0.29, 0.717) is 34.9 Å². The predicted octanol–water partition coefficient (Wildman–Crippen LogP) is 3.87. The van der Waals surface area contributed by atoms with Crippen molar-refractivity contribution in [1.82, 2.24) is 10.2 Å². The van der Waals surface area contributed by atoms with Crippen LogP contribution in [0.3, 0.4) is 0 Å². The first-order valence-electron chi connectivity index (χ1n) is 8.14. The lowest BCUT2D eigenvalue weighted by atomic mass is 10.0. The van der Waals surface area contributed by atoms with Crippen molar-refractivity contribution in [3.8, 4) is 11.3 Å². The molecule has 26 heavy (non-hydrogen) atoms. The number of hydrogen-bond donors (Lipinski definition) is 3. The van der Waals surface area contributed by atoms with Crippen molar-refractivity contribution in [1.29, 1.82) is 0 Å². The van der Waals surface area contributed by atoms with E-state index >= 15 is 0 Å². The average Bonchev–Trinajstić information content (AvgIpc) is 3.12. The minimum absolute atomic E-state index is 0.0142. The molecule has 0 unspecified atom stereocenters. The predicted molar refractivity (Wildman–Crippen MR) is 100 cm³/mol. The van der Waals surface area contributed by atoms with Gasteiger partial charge in [0.1, 0.15) is 5.69 Å². The number of benzene rings is 2. The molecule has 0 fully saturated rings. The van der Waals surface area contributed by atoms with Gasteiger partial charge in [0.05, 0.1) is 5.69 Å². The van der Waals surface area contributed by atoms with Crippen LogP contribution in [-0.2, 0) is 11.2 Å². The average molecular weight is 367 g/mol. The minimum atomic E-state index is -0.287. The lowest BCUT2D eigenvalue weighted by Crippen LogP contribution is -2.19. The number of aromatic amines is 1. The summed E-state index contributed by atoms with van der Waals surface area (Å²) in [6, 6.07) is 14.4. The maximum absolute atomic E-state index is 12.5. The number of carbonyl (C=O) groups is 2. The van der Waals surface area contributed by atoms with Gasteiger partial charge in [-0.15, -0.1) is 0 Å². The SMILES string of the molecule is O=C1CCc2cc(NC(=O)c3cc(-c4cccc(Cl)c4)n[nH]3)ccc2N1. The molecule has 1 aliphatic rings. The first-order valence-corrected chi connectivity index (χ1v) is 8.52. The molecule has 3 N–H and O–H groups in total. The molecular formula is C19H15ClN4O2. The summed E-state index contributed by atoms with van der Waals surface area (Å²) >= 11 is 6.00. The Balaban J connectivity index is 1.51. The number of halogens is 1. The van der Waals surface area contributed by atoms with Gasteiger partial charge in [-0.05, 0) is 48.4 Å². The van der Waals surface area contributed by atoms with Crippen molar-refractivity contribution in [3.05, 3.63) is 64.8 Å². The molecule has 0 spiro atoms. The van der Waals surface area contributed by atoms with Crippen LogP contribution in [-0.4, -0.2) is 22.0 Å². The van der Waals surface area contributed by atoms with E-state index in [2.05, 4.69) is 20.8 Å². The van der Waals surface area contributed by atoms with Crippen molar-refractivity contribution in [2.24, 2.45) is 0 Å². The van der Waals surface area contributed by atoms with E-state index in [-0.39, 0.29) is 11.8 Å². The number of amides is 2. The summed E-state index contributed by atoms with van der Waals surface area (Å²) in [4.78, 5) is 23.9. The third kappa shape index (κ3) is 3.32. The monoisotopic (exact) mass is 366 g/mol. The van der Waals surface area contributed by atoms with Crippen molar-refractivity contribution >= 4 is 34.8 Å². The Morgan fingerprint density at radius 3 is 2.85 bits per heavy atom. The molecule has 7 heteroatoms. The van der Waals surface area contributed by atoms with Gasteiger partial charge in [-0.2, -0.15) is 5.10 Å². The van der Waals surface area contributed by atoms with Gasteiger partial charge in [-0.3, -0.25) is 14.7 Å². The summed E-state index contributed by atoms with van der Waals surface area (Å²) in [6.07, 6.45) is 1.11. The topological polar surface area (TPSA) is 86.9 Å². The number of rotatable bonds is 3. The summed E-state index contributed by atoms with van der Waals surface area (Å²) in [6.45, 7) is 0. The van der Waals surface area contributed by atoms with Crippen LogP contribution in [0.4, 0.5) is 11.4 Å². The third-order valence-corrected chi connectivity index (χ3v) is 4.44. The van der Waals surface area contributed by atoms with Crippen LogP contribution in [0.5, 0.6) is 0 Å². The second-order valence-corrected chi connectivity index (χ2v) is 6.49. The first kappa shape index (κ1) is 16.4. The normalized spacial score (nSPS) is 13.0. The summed E-state index contributed by atoms with van der Waals surface area (Å²) in [5.74, 6) is -0.272. The molecule has 0 bridgehead atoms. The number of H-pyrrole nitrogens is 1. The third-order valence-electron chi connectivity index (χ3n) is 4.20. The molecule has 0 aliphatic carbocycles. The number of hydrogen-bond acceptors (Lipinski definition) is 3. The highest BCUT2D eigenvalue weighted by molar-refractivity contribution is 6.30. The zero-order valence-electron chi connectivity index (χ0n) is 13.7. The quantitative estimate of drug-likeness (QED) is 0.657. The van der Waals surface area contributed by atoms with Crippen LogP contribution >= 0.6 is 11.6 Å². The number of nitrogens with zero attached hydrogens (tertiary/aromatic N) is 1. The Labute approximate surface area is 154 Å². The molecular weight excluding hydrogens is 352 g/mol. The van der Waals surface area contributed by atoms with E-state index < -0.39 is 0 Å². The van der Waals surface area contributed by atoms with Crippen LogP contribution in [0.15, 0.2) is 48.5 Å². The van der Waals surface area contributed by atoms with Crippen LogP contribution < -0.4 is 10.6 Å². The molecule has 2 amide bonds. The number of nitrogens with one attached hydrogen (secondary N) is 3. The highest BCUT2D eigenvalue weighted by atomic mass is 35.5. The molecule has 0 radical (unpaired) electrons. The summed E-state index contributed by atoms with van der Waals surface area (Å²) in [7, 11) is 0. The van der Waals surface area contributed by atoms with E-state index in [0.717, 1.165) is 16.8 Å². The number of carbonyl (C=O) groups excluding carboxylic acids is 2. The van der Waals surface area contributed by atoms with Crippen LogP contribution in [0.25, 0.3) is 11.3 Å². The lowest BCUT2D eigenvalue weighted by Gasteiger charge is -2.17. The van der Waals surface area contributed by atoms with E-state index in [9.17, 15) is 9.59 Å². The van der Waals surface area contributed by atoms with E-state index in [1.807, 2.05) is 18.2 Å². The minimum Gasteiger partial charge on any atom is -0.326 e. The molecule has 6 nitrogen and oxygen atoms in total. The van der Waals surface area contributed by atoms with Gasteiger partial charge in [0.15, 0.2) is 0 Å². The largest absolute Gasteiger partial charge is 0.326 e. The number of fused-ring (bicyclic) bond motifs is 1. The summed E-state index contributed by atoms with van der Waals surface area (Å²) in [5.41, 5.74) is 4.30. The maximum atomic E-state index is 12.5. The van der Waals surface area contributed by atoms with Crippen molar-refractivity contribution in [3.63, 3.8) is 0 Å². The van der Waals surface area contributed by atoms with Crippen LogP contribution in [0, 0.1) is 0 Å².